The van der Waals surface area contributed by atoms with Gasteiger partial charge in [0.1, 0.15) is 0 Å². The normalized spacial score (nSPS) is 23.6. The Bertz CT molecular complexity index is 272. The fourth-order valence-electron chi connectivity index (χ4n) is 2.93. The maximum absolute atomic E-state index is 9.14. The van der Waals surface area contributed by atoms with Crippen LogP contribution in [0.5, 0.6) is 0 Å². The smallest absolute Gasteiger partial charge is 0.0967 e. The molecule has 2 rings (SSSR count). The Labute approximate surface area is 112 Å². The van der Waals surface area contributed by atoms with Crippen molar-refractivity contribution in [2.24, 2.45) is 0 Å². The summed E-state index contributed by atoms with van der Waals surface area (Å²) in [5, 5.41) is 12.6. The van der Waals surface area contributed by atoms with E-state index in [4.69, 9.17) is 5.26 Å². The second-order valence-corrected chi connectivity index (χ2v) is 6.04. The standard InChI is InChI=1S/C15H27N3/c1-18(15-6-4-2-3-5-7-15)11-10-14(12-16)17-13-8-9-13/h13-15,17H,2-11H2,1H3. The van der Waals surface area contributed by atoms with Gasteiger partial charge < -0.3 is 4.90 Å². The maximum atomic E-state index is 9.14. The fraction of sp³-hybridized carbons (Fsp3) is 0.933. The zero-order valence-electron chi connectivity index (χ0n) is 11.7. The van der Waals surface area contributed by atoms with Gasteiger partial charge in [0, 0.05) is 18.6 Å². The Kier molecular flexibility index (Phi) is 5.46. The molecule has 0 heterocycles. The van der Waals surface area contributed by atoms with Crippen molar-refractivity contribution in [3.05, 3.63) is 0 Å². The van der Waals surface area contributed by atoms with Crippen molar-refractivity contribution in [1.29, 1.82) is 5.26 Å². The molecule has 2 fully saturated rings. The number of hydrogen-bond acceptors (Lipinski definition) is 3. The number of nitrogens with one attached hydrogen (secondary N) is 1. The molecule has 102 valence electrons. The molecular formula is C15H27N3. The van der Waals surface area contributed by atoms with Crippen molar-refractivity contribution in [2.45, 2.75) is 75.9 Å². The molecule has 0 bridgehead atoms. The molecule has 0 amide bonds. The van der Waals surface area contributed by atoms with Crippen LogP contribution in [0.25, 0.3) is 0 Å². The van der Waals surface area contributed by atoms with E-state index in [9.17, 15) is 0 Å². The second kappa shape index (κ2) is 7.11. The van der Waals surface area contributed by atoms with Gasteiger partial charge in [-0.2, -0.15) is 5.26 Å². The van der Waals surface area contributed by atoms with E-state index in [1.165, 1.54) is 51.4 Å². The highest BCUT2D eigenvalue weighted by molar-refractivity contribution is 4.96. The Morgan fingerprint density at radius 2 is 1.83 bits per heavy atom. The SMILES string of the molecule is CN(CCC(C#N)NC1CC1)C1CCCCCC1. The molecule has 0 aromatic heterocycles. The number of rotatable bonds is 6. The quantitative estimate of drug-likeness (QED) is 0.736. The van der Waals surface area contributed by atoms with Crippen molar-refractivity contribution < 1.29 is 0 Å². The summed E-state index contributed by atoms with van der Waals surface area (Å²) in [6, 6.07) is 3.86. The Morgan fingerprint density at radius 3 is 2.39 bits per heavy atom. The summed E-state index contributed by atoms with van der Waals surface area (Å²) in [5.74, 6) is 0. The third-order valence-corrected chi connectivity index (χ3v) is 4.39. The predicted molar refractivity (Wildman–Crippen MR) is 74.3 cm³/mol. The monoisotopic (exact) mass is 249 g/mol. The van der Waals surface area contributed by atoms with E-state index < -0.39 is 0 Å². The van der Waals surface area contributed by atoms with E-state index in [2.05, 4.69) is 23.3 Å². The zero-order chi connectivity index (χ0) is 12.8. The van der Waals surface area contributed by atoms with E-state index in [1.807, 2.05) is 0 Å². The van der Waals surface area contributed by atoms with Gasteiger partial charge in [0.05, 0.1) is 12.1 Å². The first kappa shape index (κ1) is 13.8. The van der Waals surface area contributed by atoms with Crippen LogP contribution in [0.1, 0.15) is 57.8 Å². The van der Waals surface area contributed by atoms with Crippen LogP contribution in [0, 0.1) is 11.3 Å². The van der Waals surface area contributed by atoms with Gasteiger partial charge in [-0.05, 0) is 39.2 Å². The van der Waals surface area contributed by atoms with E-state index >= 15 is 0 Å². The molecule has 2 aliphatic rings. The number of nitriles is 1. The number of hydrogen-bond donors (Lipinski definition) is 1. The minimum Gasteiger partial charge on any atom is -0.303 e. The average molecular weight is 249 g/mol. The first-order chi connectivity index (χ1) is 8.79. The van der Waals surface area contributed by atoms with Crippen LogP contribution in [0.15, 0.2) is 0 Å². The van der Waals surface area contributed by atoms with Gasteiger partial charge in [-0.15, -0.1) is 0 Å². The Balaban J connectivity index is 1.68. The Morgan fingerprint density at radius 1 is 1.17 bits per heavy atom. The van der Waals surface area contributed by atoms with Gasteiger partial charge in [0.2, 0.25) is 0 Å². The lowest BCUT2D eigenvalue weighted by molar-refractivity contribution is 0.214. The highest BCUT2D eigenvalue weighted by Crippen LogP contribution is 2.22. The summed E-state index contributed by atoms with van der Waals surface area (Å²) in [6.45, 7) is 1.06. The highest BCUT2D eigenvalue weighted by atomic mass is 15.1. The molecule has 0 saturated heterocycles. The van der Waals surface area contributed by atoms with Crippen LogP contribution in [-0.4, -0.2) is 36.6 Å². The van der Waals surface area contributed by atoms with Crippen LogP contribution in [0.2, 0.25) is 0 Å². The molecule has 0 radical (unpaired) electrons. The van der Waals surface area contributed by atoms with Crippen molar-refractivity contribution >= 4 is 0 Å². The molecule has 1 atom stereocenters. The van der Waals surface area contributed by atoms with E-state index in [1.54, 1.807) is 0 Å². The predicted octanol–water partition coefficient (Wildman–Crippen LogP) is 2.68. The minimum absolute atomic E-state index is 0.0609. The van der Waals surface area contributed by atoms with Crippen molar-refractivity contribution in [3.8, 4) is 6.07 Å². The summed E-state index contributed by atoms with van der Waals surface area (Å²) in [6.07, 6.45) is 11.8. The lowest BCUT2D eigenvalue weighted by Gasteiger charge is -2.27. The van der Waals surface area contributed by atoms with Gasteiger partial charge in [-0.25, -0.2) is 0 Å². The van der Waals surface area contributed by atoms with Crippen molar-refractivity contribution in [1.82, 2.24) is 10.2 Å². The molecule has 18 heavy (non-hydrogen) atoms. The van der Waals surface area contributed by atoms with Crippen LogP contribution >= 0.6 is 0 Å². The van der Waals surface area contributed by atoms with Gasteiger partial charge in [-0.3, -0.25) is 5.32 Å². The first-order valence-electron chi connectivity index (χ1n) is 7.65. The van der Waals surface area contributed by atoms with Crippen LogP contribution in [0.3, 0.4) is 0 Å². The zero-order valence-corrected chi connectivity index (χ0v) is 11.7. The largest absolute Gasteiger partial charge is 0.303 e. The summed E-state index contributed by atoms with van der Waals surface area (Å²) in [4.78, 5) is 2.49. The fourth-order valence-corrected chi connectivity index (χ4v) is 2.93. The summed E-state index contributed by atoms with van der Waals surface area (Å²) >= 11 is 0. The summed E-state index contributed by atoms with van der Waals surface area (Å²) < 4.78 is 0. The molecule has 0 aromatic rings. The van der Waals surface area contributed by atoms with Crippen LogP contribution in [-0.2, 0) is 0 Å². The highest BCUT2D eigenvalue weighted by Gasteiger charge is 2.25. The molecule has 3 nitrogen and oxygen atoms in total. The van der Waals surface area contributed by atoms with Gasteiger partial charge in [0.15, 0.2) is 0 Å². The topological polar surface area (TPSA) is 39.1 Å². The molecule has 0 spiro atoms. The average Bonchev–Trinajstić information content (AvgIpc) is 3.20. The maximum Gasteiger partial charge on any atom is 0.0967 e. The molecule has 0 aliphatic heterocycles. The molecule has 1 N–H and O–H groups in total. The van der Waals surface area contributed by atoms with E-state index in [0.717, 1.165) is 19.0 Å². The Hall–Kier alpha value is -0.590. The van der Waals surface area contributed by atoms with Crippen molar-refractivity contribution in [3.63, 3.8) is 0 Å². The molecule has 3 heteroatoms. The van der Waals surface area contributed by atoms with Crippen LogP contribution in [0.4, 0.5) is 0 Å². The molecule has 2 aliphatic carbocycles. The van der Waals surface area contributed by atoms with E-state index in [-0.39, 0.29) is 6.04 Å². The molecule has 0 aromatic carbocycles. The molecular weight excluding hydrogens is 222 g/mol. The number of nitrogens with zero attached hydrogens (tertiary/aromatic N) is 2. The summed E-state index contributed by atoms with van der Waals surface area (Å²) in [5.41, 5.74) is 0. The first-order valence-corrected chi connectivity index (χ1v) is 7.65. The third-order valence-electron chi connectivity index (χ3n) is 4.39. The summed E-state index contributed by atoms with van der Waals surface area (Å²) in [7, 11) is 2.24. The van der Waals surface area contributed by atoms with Gasteiger partial charge in [-0.1, -0.05) is 25.7 Å². The van der Waals surface area contributed by atoms with Gasteiger partial charge >= 0.3 is 0 Å². The van der Waals surface area contributed by atoms with Crippen LogP contribution < -0.4 is 5.32 Å². The third kappa shape index (κ3) is 4.59. The molecule has 1 unspecified atom stereocenters. The lowest BCUT2D eigenvalue weighted by Crippen LogP contribution is -2.37. The second-order valence-electron chi connectivity index (χ2n) is 6.04. The van der Waals surface area contributed by atoms with Crippen molar-refractivity contribution in [2.75, 3.05) is 13.6 Å². The minimum atomic E-state index is 0.0609. The lowest BCUT2D eigenvalue weighted by atomic mass is 10.1. The van der Waals surface area contributed by atoms with E-state index in [0.29, 0.717) is 6.04 Å². The molecule has 2 saturated carbocycles. The van der Waals surface area contributed by atoms with Gasteiger partial charge in [0.25, 0.3) is 0 Å².